The van der Waals surface area contributed by atoms with Gasteiger partial charge >= 0.3 is 0 Å². The first-order chi connectivity index (χ1) is 22.7. The lowest BCUT2D eigenvalue weighted by Gasteiger charge is -2.22. The molecule has 1 aliphatic rings. The van der Waals surface area contributed by atoms with Crippen LogP contribution in [0.4, 0.5) is 0 Å². The molecule has 1 atom stereocenters. The molecule has 2 N–H and O–H groups in total. The van der Waals surface area contributed by atoms with Crippen molar-refractivity contribution in [2.75, 3.05) is 0 Å². The van der Waals surface area contributed by atoms with Gasteiger partial charge in [0, 0.05) is 28.0 Å². The summed E-state index contributed by atoms with van der Waals surface area (Å²) in [4.78, 5) is 5.07. The topological polar surface area (TPSA) is 48.2 Å². The van der Waals surface area contributed by atoms with Gasteiger partial charge in [-0.25, -0.2) is 4.99 Å². The highest BCUT2D eigenvalue weighted by molar-refractivity contribution is 6.23. The number of nitrogens with zero attached hydrogens (tertiary/aromatic N) is 3. The normalized spacial score (nSPS) is 14.5. The molecule has 1 unspecified atom stereocenters. The van der Waals surface area contributed by atoms with Gasteiger partial charge in [-0.3, -0.25) is 0 Å². The summed E-state index contributed by atoms with van der Waals surface area (Å²) in [5, 5.41) is 8.64. The molecule has 9 rings (SSSR count). The van der Waals surface area contributed by atoms with Crippen LogP contribution >= 0.6 is 0 Å². The molecular weight excluding hydrogens is 560 g/mol. The molecule has 4 nitrogen and oxygen atoms in total. The third-order valence-electron chi connectivity index (χ3n) is 9.55. The first-order valence-electron chi connectivity index (χ1n) is 15.9. The van der Waals surface area contributed by atoms with Gasteiger partial charge in [0.05, 0.1) is 34.6 Å². The van der Waals surface area contributed by atoms with E-state index in [1.54, 1.807) is 0 Å². The standard InChI is InChI=1S/C42H32N4/c43-42(34-19-10-13-28-11-4-6-16-32(28)34)35-18-8-9-20-37(35)44-27-45-24-23-30-25-36-40(26-39(30)45)46(31-14-2-1-3-15-31)38-22-21-29-12-5-7-17-33(29)41(36)38/h1-7,9-17,19-27,42H,8,18,43H2. The van der Waals surface area contributed by atoms with Gasteiger partial charge in [0.1, 0.15) is 0 Å². The summed E-state index contributed by atoms with van der Waals surface area (Å²) in [7, 11) is 0. The number of para-hydroxylation sites is 1. The molecule has 2 aromatic heterocycles. The van der Waals surface area contributed by atoms with Crippen LogP contribution in [-0.4, -0.2) is 15.5 Å². The van der Waals surface area contributed by atoms with Gasteiger partial charge < -0.3 is 14.9 Å². The second-order valence-electron chi connectivity index (χ2n) is 12.1. The Morgan fingerprint density at radius 1 is 0.652 bits per heavy atom. The maximum absolute atomic E-state index is 7.00. The zero-order valence-electron chi connectivity index (χ0n) is 25.3. The third kappa shape index (κ3) is 4.22. The van der Waals surface area contributed by atoms with Crippen molar-refractivity contribution in [3.05, 3.63) is 163 Å². The molecular formula is C42H32N4. The Balaban J connectivity index is 1.20. The highest BCUT2D eigenvalue weighted by Crippen LogP contribution is 2.39. The largest absolute Gasteiger partial charge is 0.320 e. The highest BCUT2D eigenvalue weighted by atomic mass is 15.0. The SMILES string of the molecule is NC(C1=C(N=Cn2ccc3cc4c5c6ccccc6ccc5n(-c5ccccc5)c4cc32)C=CCC1)c1cccc2ccccc12. The fourth-order valence-electron chi connectivity index (χ4n) is 7.34. The lowest BCUT2D eigenvalue weighted by molar-refractivity contribution is 0.759. The minimum absolute atomic E-state index is 0.222. The maximum atomic E-state index is 7.00. The van der Waals surface area contributed by atoms with Gasteiger partial charge in [-0.2, -0.15) is 0 Å². The summed E-state index contributed by atoms with van der Waals surface area (Å²) in [6.07, 6.45) is 10.2. The molecule has 0 fully saturated rings. The van der Waals surface area contributed by atoms with E-state index in [0.29, 0.717) is 0 Å². The molecule has 2 heterocycles. The number of benzene rings is 6. The number of nitrogens with two attached hydrogens (primary N) is 1. The quantitative estimate of drug-likeness (QED) is 0.157. The molecule has 0 radical (unpaired) electrons. The Morgan fingerprint density at radius 2 is 1.41 bits per heavy atom. The Labute approximate surface area is 267 Å². The summed E-state index contributed by atoms with van der Waals surface area (Å²) in [6.45, 7) is 0. The molecule has 0 aliphatic heterocycles. The van der Waals surface area contributed by atoms with Gasteiger partial charge in [-0.1, -0.05) is 97.1 Å². The predicted molar refractivity (Wildman–Crippen MR) is 194 cm³/mol. The average molecular weight is 593 g/mol. The Kier molecular flexibility index (Phi) is 6.22. The first kappa shape index (κ1) is 26.7. The Bertz CT molecular complexity index is 2540. The van der Waals surface area contributed by atoms with Crippen molar-refractivity contribution in [1.82, 2.24) is 9.13 Å². The van der Waals surface area contributed by atoms with Crippen molar-refractivity contribution < 1.29 is 0 Å². The van der Waals surface area contributed by atoms with E-state index in [9.17, 15) is 0 Å². The molecule has 0 saturated carbocycles. The van der Waals surface area contributed by atoms with Crippen LogP contribution in [0, 0.1) is 0 Å². The second kappa shape index (κ2) is 10.7. The number of fused-ring (bicyclic) bond motifs is 7. The van der Waals surface area contributed by atoms with Gasteiger partial charge in [0.2, 0.25) is 0 Å². The van der Waals surface area contributed by atoms with E-state index in [4.69, 9.17) is 10.7 Å². The van der Waals surface area contributed by atoms with Crippen molar-refractivity contribution in [2.45, 2.75) is 18.9 Å². The smallest absolute Gasteiger partial charge is 0.0998 e. The number of allylic oxidation sites excluding steroid dienone is 2. The number of rotatable bonds is 5. The van der Waals surface area contributed by atoms with E-state index < -0.39 is 0 Å². The fraction of sp³-hybridized carbons (Fsp3) is 0.0714. The van der Waals surface area contributed by atoms with Crippen LogP contribution in [0.15, 0.2) is 162 Å². The number of hydrogen-bond donors (Lipinski definition) is 1. The number of aromatic nitrogens is 2. The molecule has 46 heavy (non-hydrogen) atoms. The summed E-state index contributed by atoms with van der Waals surface area (Å²) < 4.78 is 4.52. The minimum Gasteiger partial charge on any atom is -0.320 e. The van der Waals surface area contributed by atoms with E-state index in [2.05, 4.69) is 155 Å². The second-order valence-corrected chi connectivity index (χ2v) is 12.1. The number of aliphatic imine (C=N–C) groups is 1. The summed E-state index contributed by atoms with van der Waals surface area (Å²) in [5.41, 5.74) is 14.9. The molecule has 0 amide bonds. The summed E-state index contributed by atoms with van der Waals surface area (Å²) >= 11 is 0. The van der Waals surface area contributed by atoms with E-state index in [1.165, 1.54) is 54.3 Å². The maximum Gasteiger partial charge on any atom is 0.0998 e. The summed E-state index contributed by atoms with van der Waals surface area (Å²) in [6, 6.07) is 45.3. The van der Waals surface area contributed by atoms with Crippen LogP contribution < -0.4 is 5.73 Å². The average Bonchev–Trinajstić information content (AvgIpc) is 3.67. The summed E-state index contributed by atoms with van der Waals surface area (Å²) in [5.74, 6) is 0. The van der Waals surface area contributed by atoms with Gasteiger partial charge in [0.15, 0.2) is 0 Å². The lowest BCUT2D eigenvalue weighted by atomic mass is 9.89. The minimum atomic E-state index is -0.222. The van der Waals surface area contributed by atoms with Crippen LogP contribution in [0.5, 0.6) is 0 Å². The monoisotopic (exact) mass is 592 g/mol. The van der Waals surface area contributed by atoms with Gasteiger partial charge in [-0.05, 0) is 88.0 Å². The van der Waals surface area contributed by atoms with Crippen LogP contribution in [0.2, 0.25) is 0 Å². The number of hydrogen-bond acceptors (Lipinski definition) is 2. The van der Waals surface area contributed by atoms with Crippen molar-refractivity contribution >= 4 is 60.6 Å². The predicted octanol–water partition coefficient (Wildman–Crippen LogP) is 10.2. The lowest BCUT2D eigenvalue weighted by Crippen LogP contribution is -2.16. The zero-order chi connectivity index (χ0) is 30.6. The van der Waals surface area contributed by atoms with Crippen molar-refractivity contribution in [3.8, 4) is 5.69 Å². The van der Waals surface area contributed by atoms with E-state index >= 15 is 0 Å². The highest BCUT2D eigenvalue weighted by Gasteiger charge is 2.20. The van der Waals surface area contributed by atoms with Crippen LogP contribution in [-0.2, 0) is 0 Å². The van der Waals surface area contributed by atoms with E-state index in [0.717, 1.165) is 35.3 Å². The van der Waals surface area contributed by atoms with E-state index in [-0.39, 0.29) is 6.04 Å². The Morgan fingerprint density at radius 3 is 2.28 bits per heavy atom. The molecule has 0 spiro atoms. The van der Waals surface area contributed by atoms with Crippen molar-refractivity contribution in [3.63, 3.8) is 0 Å². The van der Waals surface area contributed by atoms with Crippen molar-refractivity contribution in [1.29, 1.82) is 0 Å². The van der Waals surface area contributed by atoms with Crippen LogP contribution in [0.1, 0.15) is 24.4 Å². The molecule has 0 bridgehead atoms. The van der Waals surface area contributed by atoms with Crippen LogP contribution in [0.25, 0.3) is 59.9 Å². The molecule has 220 valence electrons. The van der Waals surface area contributed by atoms with E-state index in [1.807, 2.05) is 6.34 Å². The first-order valence-corrected chi connectivity index (χ1v) is 15.9. The zero-order valence-corrected chi connectivity index (χ0v) is 25.3. The Hall–Kier alpha value is -5.71. The molecule has 0 saturated heterocycles. The fourth-order valence-corrected chi connectivity index (χ4v) is 7.34. The van der Waals surface area contributed by atoms with Gasteiger partial charge in [-0.15, -0.1) is 0 Å². The third-order valence-corrected chi connectivity index (χ3v) is 9.55. The molecule has 8 aromatic rings. The molecule has 1 aliphatic carbocycles. The van der Waals surface area contributed by atoms with Crippen molar-refractivity contribution in [2.24, 2.45) is 10.7 Å². The molecule has 6 aromatic carbocycles. The van der Waals surface area contributed by atoms with Gasteiger partial charge in [0.25, 0.3) is 0 Å². The molecule has 4 heteroatoms. The van der Waals surface area contributed by atoms with Crippen LogP contribution in [0.3, 0.4) is 0 Å².